The molecule has 15 rings (SSSR count). The summed E-state index contributed by atoms with van der Waals surface area (Å²) < 4.78 is 54.0. The van der Waals surface area contributed by atoms with Gasteiger partial charge in [-0.2, -0.15) is 0 Å². The second kappa shape index (κ2) is 36.5. The van der Waals surface area contributed by atoms with Gasteiger partial charge >= 0.3 is 11.9 Å². The maximum Gasteiger partial charge on any atom is 0.312 e. The molecule has 3 aliphatic rings. The first-order valence-corrected chi connectivity index (χ1v) is 44.2. The van der Waals surface area contributed by atoms with E-state index >= 15 is 0 Å². The van der Waals surface area contributed by atoms with Crippen LogP contribution in [0, 0.1) is 57.8 Å². The molecule has 12 aromatic rings. The van der Waals surface area contributed by atoms with E-state index in [-0.39, 0.29) is 41.9 Å². The number of aromatic nitrogens is 12. The van der Waals surface area contributed by atoms with Crippen molar-refractivity contribution >= 4 is 60.7 Å². The number of methoxy groups -OCH3 is 1. The Balaban J connectivity index is 0.000000158. The van der Waals surface area contributed by atoms with Crippen LogP contribution in [0.1, 0.15) is 199 Å². The third-order valence-corrected chi connectivity index (χ3v) is 26.2. The molecule has 0 unspecified atom stereocenters. The summed E-state index contributed by atoms with van der Waals surface area (Å²) in [5.41, 5.74) is 21.5. The van der Waals surface area contributed by atoms with Gasteiger partial charge in [0.2, 0.25) is 0 Å². The van der Waals surface area contributed by atoms with E-state index in [0.29, 0.717) is 13.1 Å². The highest BCUT2D eigenvalue weighted by Gasteiger charge is 2.45. The van der Waals surface area contributed by atoms with Crippen molar-refractivity contribution in [2.75, 3.05) is 38.8 Å². The van der Waals surface area contributed by atoms with Crippen LogP contribution < -0.4 is 14.2 Å². The highest BCUT2D eigenvalue weighted by molar-refractivity contribution is 7.91. The van der Waals surface area contributed by atoms with Gasteiger partial charge in [0, 0.05) is 163 Å². The van der Waals surface area contributed by atoms with Gasteiger partial charge in [0.1, 0.15) is 57.9 Å². The van der Waals surface area contributed by atoms with Crippen LogP contribution in [-0.2, 0) is 89.4 Å². The molecule has 6 aromatic carbocycles. The lowest BCUT2D eigenvalue weighted by atomic mass is 9.68. The van der Waals surface area contributed by atoms with Crippen molar-refractivity contribution in [3.63, 3.8) is 0 Å². The van der Waals surface area contributed by atoms with Gasteiger partial charge in [-0.25, -0.2) is 22.5 Å². The Kier molecular flexibility index (Phi) is 26.5. The first-order chi connectivity index (χ1) is 58.0. The second-order valence-electron chi connectivity index (χ2n) is 35.3. The standard InChI is InChI=1S/C33H41N5O4S.C32H39N5O3.C31H37N5O3/c1-8-26-19-38(18-25-16-34-14-13-29(25)42-26)17-24-15-23(10-9-21(24)2)31(33(4,5)30(39)20-43(7,40)41)27-11-12-28-32(22(27)3)35-36-37(28)6;1-8-25-19-37(18-24-16-33-14-13-28(24)40-25)17-23-15-22(10-9-20(23)2)29(32(4,5)31(38)39-7)26-11-12-27-30(21(26)3)34-35-36(27)6;1-7-24-18-36(17-23-15-32-13-12-27(23)39-24)16-22-14-21(9-8-19(22)2)28(31(4,5)30(37)38)25-10-11-26-29(20(25)3)33-34-35(26)6/h9-16,26,31H,8,17-20H2,1-7H3;9-16,25,29H,8,17-19H2,1-7H3;8-15,24,28H,7,16-18H2,1-6H3,(H,37,38)/t26-,31+;25-,29+;24-,28+/m111/s1. The molecule has 0 spiro atoms. The number of hydrogen-bond donors (Lipinski definition) is 1. The minimum atomic E-state index is -3.51. The molecule has 6 atom stereocenters. The second-order valence-corrected chi connectivity index (χ2v) is 37.4. The number of fused-ring (bicyclic) bond motifs is 6. The first kappa shape index (κ1) is 88.6. The van der Waals surface area contributed by atoms with Gasteiger partial charge in [-0.05, 0) is 208 Å². The van der Waals surface area contributed by atoms with Gasteiger partial charge in [-0.1, -0.05) is 123 Å². The highest BCUT2D eigenvalue weighted by atomic mass is 32.2. The number of esters is 1. The third-order valence-electron chi connectivity index (χ3n) is 25.4. The number of ketones is 1. The summed E-state index contributed by atoms with van der Waals surface area (Å²) in [5, 5.41) is 36.2. The van der Waals surface area contributed by atoms with Crippen molar-refractivity contribution in [2.45, 2.75) is 198 Å². The van der Waals surface area contributed by atoms with Gasteiger partial charge in [-0.15, -0.1) is 15.3 Å². The molecular formula is C96H117N15O10S. The maximum atomic E-state index is 13.7. The van der Waals surface area contributed by atoms with E-state index < -0.39 is 43.7 Å². The summed E-state index contributed by atoms with van der Waals surface area (Å²) in [6.45, 7) is 37.0. The first-order valence-electron chi connectivity index (χ1n) is 42.1. The number of benzene rings is 6. The number of rotatable bonds is 23. The number of Topliss-reactive ketones (excluding diaryl/α,β-unsaturated/α-hetero) is 1. The Bertz CT molecular complexity index is 5990. The van der Waals surface area contributed by atoms with E-state index in [0.717, 1.165) is 200 Å². The molecule has 9 heterocycles. The van der Waals surface area contributed by atoms with Crippen LogP contribution in [0.25, 0.3) is 33.1 Å². The molecule has 1 N–H and O–H groups in total. The molecule has 25 nitrogen and oxygen atoms in total. The SMILES string of the molecule is CC[C@@H]1CN(Cc2cc([C@@H](c3ccc4c(nnn4C)c3C)C(C)(C)C(=O)CS(C)(=O)=O)ccc2C)Cc2cnccc2O1.CC[C@@H]1CN(Cc2cc([C@@H](c3ccc4c(nnn4C)c3C)C(C)(C)C(=O)O)ccc2C)Cc2cnccc2O1.CC[C@@H]1CN(Cc2cc([C@@H](c3ccc4c(nnn4C)c3C)C(C)(C)C(=O)OC)ccc2C)Cc2cnccc2O1. The summed E-state index contributed by atoms with van der Waals surface area (Å²) in [6, 6.07) is 37.4. The number of aliphatic carboxylic acids is 1. The van der Waals surface area contributed by atoms with E-state index in [1.165, 1.54) is 29.4 Å². The van der Waals surface area contributed by atoms with Crippen LogP contribution in [0.3, 0.4) is 0 Å². The summed E-state index contributed by atoms with van der Waals surface area (Å²) in [5.74, 6) is -0.239. The lowest BCUT2D eigenvalue weighted by Gasteiger charge is -2.35. The zero-order valence-corrected chi connectivity index (χ0v) is 75.1. The number of carboxylic acids is 1. The number of nitrogens with zero attached hydrogens (tertiary/aromatic N) is 15. The Hall–Kier alpha value is -11.2. The number of carbonyl (C=O) groups excluding carboxylic acids is 2. The van der Waals surface area contributed by atoms with Gasteiger partial charge in [0.15, 0.2) is 15.6 Å². The van der Waals surface area contributed by atoms with E-state index in [4.69, 9.17) is 18.9 Å². The highest BCUT2D eigenvalue weighted by Crippen LogP contribution is 2.49. The smallest absolute Gasteiger partial charge is 0.312 e. The number of carboxylic acid groups (broad SMARTS) is 1. The Morgan fingerprint density at radius 1 is 0.467 bits per heavy atom. The summed E-state index contributed by atoms with van der Waals surface area (Å²) in [6.07, 6.45) is 15.1. The zero-order valence-electron chi connectivity index (χ0n) is 74.3. The molecule has 0 radical (unpaired) electrons. The summed E-state index contributed by atoms with van der Waals surface area (Å²) >= 11 is 0. The third kappa shape index (κ3) is 18.7. The average molecular weight is 1670 g/mol. The lowest BCUT2D eigenvalue weighted by Crippen LogP contribution is -2.37. The number of carbonyl (C=O) groups is 3. The Morgan fingerprint density at radius 2 is 0.779 bits per heavy atom. The molecule has 0 fully saturated rings. The minimum Gasteiger partial charge on any atom is -0.489 e. The van der Waals surface area contributed by atoms with Crippen LogP contribution in [-0.4, -0.2) is 163 Å². The number of hydrogen-bond acceptors (Lipinski definition) is 21. The van der Waals surface area contributed by atoms with Crippen molar-refractivity contribution in [1.29, 1.82) is 0 Å². The van der Waals surface area contributed by atoms with Gasteiger partial charge in [0.25, 0.3) is 0 Å². The number of ether oxygens (including phenoxy) is 4. The molecule has 122 heavy (non-hydrogen) atoms. The monoisotopic (exact) mass is 1670 g/mol. The van der Waals surface area contributed by atoms with Gasteiger partial charge in [0.05, 0.1) is 34.5 Å². The molecule has 0 saturated heterocycles. The quantitative estimate of drug-likeness (QED) is 0.0582. The average Bonchev–Trinajstić information content (AvgIpc) is 1.25. The normalized spacial score (nSPS) is 16.8. The minimum absolute atomic E-state index is 0.0637. The van der Waals surface area contributed by atoms with E-state index in [1.54, 1.807) is 32.6 Å². The molecule has 26 heteroatoms. The molecule has 0 aliphatic carbocycles. The van der Waals surface area contributed by atoms with Gasteiger partial charge < -0.3 is 24.1 Å². The Morgan fingerprint density at radius 3 is 1.07 bits per heavy atom. The van der Waals surface area contributed by atoms with Crippen molar-refractivity contribution in [1.82, 2.24) is 74.6 Å². The Labute approximate surface area is 716 Å². The van der Waals surface area contributed by atoms with Crippen LogP contribution in [0.4, 0.5) is 0 Å². The number of aryl methyl sites for hydroxylation is 9. The molecule has 642 valence electrons. The molecular weight excluding hydrogens is 1560 g/mol. The lowest BCUT2D eigenvalue weighted by molar-refractivity contribution is -0.151. The maximum absolute atomic E-state index is 13.7. The van der Waals surface area contributed by atoms with Crippen molar-refractivity contribution in [3.05, 3.63) is 247 Å². The fraction of sp³-hybridized carbons (Fsp3) is 0.438. The van der Waals surface area contributed by atoms with Crippen LogP contribution in [0.5, 0.6) is 17.2 Å². The van der Waals surface area contributed by atoms with E-state index in [9.17, 15) is 27.9 Å². The molecule has 0 amide bonds. The molecule has 0 saturated carbocycles. The topological polar surface area (TPSA) is 283 Å². The zero-order chi connectivity index (χ0) is 87.6. The predicted octanol–water partition coefficient (Wildman–Crippen LogP) is 15.8. The van der Waals surface area contributed by atoms with Crippen molar-refractivity contribution in [2.24, 2.45) is 37.4 Å². The molecule has 0 bridgehead atoms. The number of sulfone groups is 1. The van der Waals surface area contributed by atoms with Crippen LogP contribution in [0.15, 0.2) is 146 Å². The fourth-order valence-corrected chi connectivity index (χ4v) is 18.8. The summed E-state index contributed by atoms with van der Waals surface area (Å²) in [4.78, 5) is 59.8. The van der Waals surface area contributed by atoms with Crippen LogP contribution in [0.2, 0.25) is 0 Å². The largest absolute Gasteiger partial charge is 0.489 e. The van der Waals surface area contributed by atoms with Crippen LogP contribution >= 0.6 is 0 Å². The van der Waals surface area contributed by atoms with Gasteiger partial charge in [-0.3, -0.25) is 44.0 Å². The molecule has 3 aliphatic heterocycles. The summed E-state index contributed by atoms with van der Waals surface area (Å²) in [7, 11) is 3.55. The fourth-order valence-electron chi connectivity index (χ4n) is 17.9. The predicted molar refractivity (Wildman–Crippen MR) is 474 cm³/mol. The van der Waals surface area contributed by atoms with E-state index in [1.807, 2.05) is 144 Å². The van der Waals surface area contributed by atoms with Crippen molar-refractivity contribution in [3.8, 4) is 17.2 Å². The molecule has 6 aromatic heterocycles. The van der Waals surface area contributed by atoms with E-state index in [2.05, 4.69) is 170 Å². The van der Waals surface area contributed by atoms with Crippen molar-refractivity contribution < 1.29 is 46.9 Å². The number of pyridine rings is 3.